The van der Waals surface area contributed by atoms with Crippen molar-refractivity contribution in [2.45, 2.75) is 6.54 Å². The van der Waals surface area contributed by atoms with Gasteiger partial charge < -0.3 is 4.74 Å². The second-order valence-corrected chi connectivity index (χ2v) is 4.39. The lowest BCUT2D eigenvalue weighted by atomic mass is 10.3. The van der Waals surface area contributed by atoms with Crippen molar-refractivity contribution in [3.63, 3.8) is 0 Å². The Hall–Kier alpha value is -1.14. The fourth-order valence-electron chi connectivity index (χ4n) is 1.15. The van der Waals surface area contributed by atoms with E-state index in [1.165, 1.54) is 11.3 Å². The van der Waals surface area contributed by atoms with Gasteiger partial charge in [-0.05, 0) is 12.1 Å². The van der Waals surface area contributed by atoms with Crippen LogP contribution in [0.1, 0.15) is 4.88 Å². The summed E-state index contributed by atoms with van der Waals surface area (Å²) in [6, 6.07) is 9.43. The zero-order valence-electron chi connectivity index (χ0n) is 8.31. The lowest BCUT2D eigenvalue weighted by molar-refractivity contribution is 0.479. The van der Waals surface area contributed by atoms with Gasteiger partial charge in [0.2, 0.25) is 0 Å². The standard InChI is InChI=1S/C10H10ClN3OS/c11-9-8(6-13-12)16-10(14-9)15-7-4-2-1-3-5-7/h1-5,13H,6,12H2. The van der Waals surface area contributed by atoms with Gasteiger partial charge in [0, 0.05) is 6.54 Å². The van der Waals surface area contributed by atoms with Crippen molar-refractivity contribution in [1.29, 1.82) is 0 Å². The maximum atomic E-state index is 5.91. The number of hydrogen-bond acceptors (Lipinski definition) is 5. The van der Waals surface area contributed by atoms with Gasteiger partial charge in [-0.3, -0.25) is 11.3 Å². The molecule has 84 valence electrons. The van der Waals surface area contributed by atoms with Gasteiger partial charge in [-0.2, -0.15) is 4.98 Å². The SMILES string of the molecule is NNCc1sc(Oc2ccccc2)nc1Cl. The van der Waals surface area contributed by atoms with Gasteiger partial charge in [-0.25, -0.2) is 0 Å². The van der Waals surface area contributed by atoms with Crippen LogP contribution in [0.2, 0.25) is 5.15 Å². The molecule has 0 aliphatic carbocycles. The topological polar surface area (TPSA) is 60.2 Å². The zero-order chi connectivity index (χ0) is 11.4. The van der Waals surface area contributed by atoms with Crippen molar-refractivity contribution in [1.82, 2.24) is 10.4 Å². The van der Waals surface area contributed by atoms with Crippen LogP contribution in [0.3, 0.4) is 0 Å². The zero-order valence-corrected chi connectivity index (χ0v) is 9.89. The van der Waals surface area contributed by atoms with Crippen LogP contribution in [0.5, 0.6) is 10.9 Å². The van der Waals surface area contributed by atoms with E-state index in [2.05, 4.69) is 10.4 Å². The average molecular weight is 256 g/mol. The number of hydrazine groups is 1. The summed E-state index contributed by atoms with van der Waals surface area (Å²) in [4.78, 5) is 4.95. The Morgan fingerprint density at radius 2 is 2.12 bits per heavy atom. The molecule has 0 atom stereocenters. The summed E-state index contributed by atoms with van der Waals surface area (Å²) in [5.41, 5.74) is 2.53. The third-order valence-electron chi connectivity index (χ3n) is 1.84. The number of aromatic nitrogens is 1. The Bertz CT molecular complexity index is 460. The third-order valence-corrected chi connectivity index (χ3v) is 3.20. The van der Waals surface area contributed by atoms with E-state index in [1.807, 2.05) is 30.3 Å². The second kappa shape index (κ2) is 5.27. The quantitative estimate of drug-likeness (QED) is 0.651. The molecule has 0 bridgehead atoms. The number of benzene rings is 1. The third kappa shape index (κ3) is 2.70. The number of rotatable bonds is 4. The van der Waals surface area contributed by atoms with Gasteiger partial charge in [-0.15, -0.1) is 0 Å². The fraction of sp³-hybridized carbons (Fsp3) is 0.100. The Labute approximate surface area is 102 Å². The first-order chi connectivity index (χ1) is 7.79. The molecule has 0 radical (unpaired) electrons. The van der Waals surface area contributed by atoms with Gasteiger partial charge in [0.1, 0.15) is 10.9 Å². The van der Waals surface area contributed by atoms with Gasteiger partial charge in [0.15, 0.2) is 0 Å². The first-order valence-electron chi connectivity index (χ1n) is 4.61. The van der Waals surface area contributed by atoms with E-state index in [4.69, 9.17) is 22.2 Å². The maximum Gasteiger partial charge on any atom is 0.280 e. The molecule has 4 nitrogen and oxygen atoms in total. The van der Waals surface area contributed by atoms with Crippen LogP contribution in [-0.2, 0) is 6.54 Å². The molecule has 1 aromatic heterocycles. The van der Waals surface area contributed by atoms with Gasteiger partial charge in [0.05, 0.1) is 4.88 Å². The number of nitrogens with one attached hydrogen (secondary N) is 1. The summed E-state index contributed by atoms with van der Waals surface area (Å²) >= 11 is 7.28. The largest absolute Gasteiger partial charge is 0.431 e. The lowest BCUT2D eigenvalue weighted by Crippen LogP contribution is -2.20. The molecule has 0 aliphatic rings. The predicted molar refractivity (Wildman–Crippen MR) is 64.7 cm³/mol. The minimum Gasteiger partial charge on any atom is -0.431 e. The van der Waals surface area contributed by atoms with Crippen LogP contribution in [0.15, 0.2) is 30.3 Å². The van der Waals surface area contributed by atoms with Crippen LogP contribution >= 0.6 is 22.9 Å². The molecular weight excluding hydrogens is 246 g/mol. The molecule has 16 heavy (non-hydrogen) atoms. The van der Waals surface area contributed by atoms with Crippen molar-refractivity contribution in [3.05, 3.63) is 40.4 Å². The predicted octanol–water partition coefficient (Wildman–Crippen LogP) is 2.55. The number of ether oxygens (including phenoxy) is 1. The summed E-state index contributed by atoms with van der Waals surface area (Å²) in [5.74, 6) is 5.96. The number of hydrogen-bond donors (Lipinski definition) is 2. The van der Waals surface area contributed by atoms with E-state index in [0.717, 1.165) is 10.6 Å². The Morgan fingerprint density at radius 3 is 2.81 bits per heavy atom. The van der Waals surface area contributed by atoms with E-state index >= 15 is 0 Å². The summed E-state index contributed by atoms with van der Waals surface area (Å²) in [6.45, 7) is 0.481. The summed E-state index contributed by atoms with van der Waals surface area (Å²) in [7, 11) is 0. The lowest BCUT2D eigenvalue weighted by Gasteiger charge is -1.99. The molecule has 2 aromatic rings. The number of nitrogens with two attached hydrogens (primary N) is 1. The Morgan fingerprint density at radius 1 is 1.38 bits per heavy atom. The highest BCUT2D eigenvalue weighted by molar-refractivity contribution is 7.14. The maximum absolute atomic E-state index is 5.91. The van der Waals surface area contributed by atoms with Crippen molar-refractivity contribution >= 4 is 22.9 Å². The summed E-state index contributed by atoms with van der Waals surface area (Å²) < 4.78 is 5.54. The fourth-order valence-corrected chi connectivity index (χ4v) is 2.23. The second-order valence-electron chi connectivity index (χ2n) is 2.99. The van der Waals surface area contributed by atoms with Crippen LogP contribution in [-0.4, -0.2) is 4.98 Å². The monoisotopic (exact) mass is 255 g/mol. The molecule has 2 rings (SSSR count). The number of nitrogens with zero attached hydrogens (tertiary/aromatic N) is 1. The Kier molecular flexibility index (Phi) is 3.74. The van der Waals surface area contributed by atoms with Crippen LogP contribution in [0.25, 0.3) is 0 Å². The number of thiazole rings is 1. The van der Waals surface area contributed by atoms with Crippen molar-refractivity contribution in [2.24, 2.45) is 5.84 Å². The summed E-state index contributed by atoms with van der Waals surface area (Å²) in [5, 5.41) is 0.940. The van der Waals surface area contributed by atoms with E-state index in [-0.39, 0.29) is 0 Å². The van der Waals surface area contributed by atoms with E-state index in [0.29, 0.717) is 16.9 Å². The van der Waals surface area contributed by atoms with Crippen molar-refractivity contribution < 1.29 is 4.74 Å². The van der Waals surface area contributed by atoms with Crippen LogP contribution < -0.4 is 16.0 Å². The van der Waals surface area contributed by atoms with Gasteiger partial charge >= 0.3 is 0 Å². The molecule has 1 aromatic carbocycles. The molecule has 6 heteroatoms. The summed E-state index contributed by atoms with van der Waals surface area (Å²) in [6.07, 6.45) is 0. The highest BCUT2D eigenvalue weighted by Crippen LogP contribution is 2.31. The molecule has 0 unspecified atom stereocenters. The van der Waals surface area contributed by atoms with Gasteiger partial charge in [0.25, 0.3) is 5.19 Å². The molecule has 0 aliphatic heterocycles. The number of para-hydroxylation sites is 1. The van der Waals surface area contributed by atoms with E-state index in [1.54, 1.807) is 0 Å². The normalized spacial score (nSPS) is 10.4. The highest BCUT2D eigenvalue weighted by Gasteiger charge is 2.10. The molecule has 0 saturated carbocycles. The minimum absolute atomic E-state index is 0.425. The molecule has 1 heterocycles. The average Bonchev–Trinajstić information content (AvgIpc) is 2.61. The molecule has 0 spiro atoms. The smallest absolute Gasteiger partial charge is 0.280 e. The Balaban J connectivity index is 2.13. The minimum atomic E-state index is 0.425. The van der Waals surface area contributed by atoms with Crippen molar-refractivity contribution in [2.75, 3.05) is 0 Å². The van der Waals surface area contributed by atoms with E-state index < -0.39 is 0 Å². The van der Waals surface area contributed by atoms with Crippen LogP contribution in [0.4, 0.5) is 0 Å². The molecule has 0 amide bonds. The van der Waals surface area contributed by atoms with Crippen LogP contribution in [0, 0.1) is 0 Å². The van der Waals surface area contributed by atoms with Crippen molar-refractivity contribution in [3.8, 4) is 10.9 Å². The first kappa shape index (κ1) is 11.3. The number of halogens is 1. The molecule has 0 fully saturated rings. The van der Waals surface area contributed by atoms with Gasteiger partial charge in [-0.1, -0.05) is 41.1 Å². The first-order valence-corrected chi connectivity index (χ1v) is 5.80. The molecule has 3 N–H and O–H groups in total. The molecule has 0 saturated heterocycles. The molecular formula is C10H10ClN3OS. The van der Waals surface area contributed by atoms with E-state index in [9.17, 15) is 0 Å². The highest BCUT2D eigenvalue weighted by atomic mass is 35.5.